The fourth-order valence-electron chi connectivity index (χ4n) is 3.30. The first-order valence-corrected chi connectivity index (χ1v) is 8.90. The van der Waals surface area contributed by atoms with Crippen LogP contribution in [0.5, 0.6) is 0 Å². The third-order valence-corrected chi connectivity index (χ3v) is 6.30. The summed E-state index contributed by atoms with van der Waals surface area (Å²) in [5, 5.41) is 3.33. The molecule has 3 rings (SSSR count). The van der Waals surface area contributed by atoms with Crippen LogP contribution >= 0.6 is 0 Å². The first kappa shape index (κ1) is 14.8. The maximum Gasteiger partial charge on any atom is 0.242 e. The molecule has 21 heavy (non-hydrogen) atoms. The van der Waals surface area contributed by atoms with Gasteiger partial charge in [-0.25, -0.2) is 13.1 Å². The van der Waals surface area contributed by atoms with Crippen LogP contribution in [0.25, 0.3) is 0 Å². The molecule has 5 nitrogen and oxygen atoms in total. The molecule has 2 aliphatic rings. The van der Waals surface area contributed by atoms with E-state index in [-0.39, 0.29) is 0 Å². The molecule has 1 aromatic rings. The van der Waals surface area contributed by atoms with Crippen molar-refractivity contribution in [2.75, 3.05) is 32.1 Å². The van der Waals surface area contributed by atoms with E-state index in [1.165, 1.54) is 13.5 Å². The van der Waals surface area contributed by atoms with Crippen molar-refractivity contribution < 1.29 is 13.2 Å². The molecule has 2 N–H and O–H groups in total. The molecule has 0 bridgehead atoms. The molecule has 1 saturated heterocycles. The molecular weight excluding hydrogens is 288 g/mol. The molecule has 1 atom stereocenters. The number of hydrogen-bond donors (Lipinski definition) is 2. The number of hydrogen-bond acceptors (Lipinski definition) is 4. The van der Waals surface area contributed by atoms with Gasteiger partial charge in [0.1, 0.15) is 4.90 Å². The van der Waals surface area contributed by atoms with Crippen molar-refractivity contribution in [2.45, 2.75) is 24.2 Å². The third-order valence-electron chi connectivity index (χ3n) is 4.83. The molecule has 1 aliphatic heterocycles. The Bertz CT molecular complexity index is 609. The number of rotatable bonds is 5. The van der Waals surface area contributed by atoms with E-state index >= 15 is 0 Å². The van der Waals surface area contributed by atoms with E-state index < -0.39 is 10.0 Å². The molecule has 1 spiro atoms. The van der Waals surface area contributed by atoms with Crippen LogP contribution in [0, 0.1) is 11.3 Å². The highest BCUT2D eigenvalue weighted by Crippen LogP contribution is 2.58. The summed E-state index contributed by atoms with van der Waals surface area (Å²) in [5.41, 5.74) is 1.13. The molecule has 1 unspecified atom stereocenters. The van der Waals surface area contributed by atoms with Crippen molar-refractivity contribution >= 4 is 15.7 Å². The highest BCUT2D eigenvalue weighted by atomic mass is 32.2. The molecule has 116 valence electrons. The van der Waals surface area contributed by atoms with E-state index in [2.05, 4.69) is 10.0 Å². The number of nitrogens with one attached hydrogen (secondary N) is 2. The fourth-order valence-corrected chi connectivity index (χ4v) is 4.21. The van der Waals surface area contributed by atoms with Gasteiger partial charge in [-0.2, -0.15) is 0 Å². The SMILES string of the molecule is CNS(=O)(=O)c1ccccc1NCC1CC12CCOCC2. The predicted octanol–water partition coefficient (Wildman–Crippen LogP) is 1.82. The van der Waals surface area contributed by atoms with Gasteiger partial charge < -0.3 is 10.1 Å². The predicted molar refractivity (Wildman–Crippen MR) is 81.8 cm³/mol. The minimum absolute atomic E-state index is 0.314. The third kappa shape index (κ3) is 2.93. The summed E-state index contributed by atoms with van der Waals surface area (Å²) < 4.78 is 31.8. The highest BCUT2D eigenvalue weighted by Gasteiger charge is 2.53. The molecule has 2 fully saturated rings. The number of sulfonamides is 1. The lowest BCUT2D eigenvalue weighted by atomic mass is 9.94. The van der Waals surface area contributed by atoms with Crippen LogP contribution in [0.1, 0.15) is 19.3 Å². The van der Waals surface area contributed by atoms with Crippen molar-refractivity contribution in [2.24, 2.45) is 11.3 Å². The minimum Gasteiger partial charge on any atom is -0.384 e. The van der Waals surface area contributed by atoms with Crippen LogP contribution in [0.15, 0.2) is 29.2 Å². The zero-order chi connectivity index (χ0) is 14.9. The van der Waals surface area contributed by atoms with Crippen molar-refractivity contribution in [3.8, 4) is 0 Å². The van der Waals surface area contributed by atoms with E-state index in [4.69, 9.17) is 4.74 Å². The summed E-state index contributed by atoms with van der Waals surface area (Å²) in [5.74, 6) is 0.631. The van der Waals surface area contributed by atoms with E-state index in [0.29, 0.717) is 21.9 Å². The standard InChI is InChI=1S/C15H22N2O3S/c1-16-21(18,19)14-5-3-2-4-13(14)17-11-12-10-15(12)6-8-20-9-7-15/h2-5,12,16-17H,6-11H2,1H3. The lowest BCUT2D eigenvalue weighted by molar-refractivity contribution is 0.0527. The second kappa shape index (κ2) is 5.59. The second-order valence-corrected chi connectivity index (χ2v) is 7.82. The quantitative estimate of drug-likeness (QED) is 0.870. The van der Waals surface area contributed by atoms with Gasteiger partial charge >= 0.3 is 0 Å². The van der Waals surface area contributed by atoms with E-state index in [1.54, 1.807) is 12.1 Å². The molecule has 0 radical (unpaired) electrons. The van der Waals surface area contributed by atoms with Crippen LogP contribution in [0.3, 0.4) is 0 Å². The number of benzene rings is 1. The summed E-state index contributed by atoms with van der Waals surface area (Å²) in [6.07, 6.45) is 3.50. The molecule has 1 aliphatic carbocycles. The lowest BCUT2D eigenvalue weighted by Crippen LogP contribution is -2.22. The van der Waals surface area contributed by atoms with Gasteiger partial charge in [-0.1, -0.05) is 12.1 Å². The Hall–Kier alpha value is -1.11. The fraction of sp³-hybridized carbons (Fsp3) is 0.600. The van der Waals surface area contributed by atoms with Gasteiger partial charge in [0.25, 0.3) is 0 Å². The number of para-hydroxylation sites is 1. The highest BCUT2D eigenvalue weighted by molar-refractivity contribution is 7.89. The van der Waals surface area contributed by atoms with Crippen molar-refractivity contribution in [3.05, 3.63) is 24.3 Å². The normalized spacial score (nSPS) is 24.0. The van der Waals surface area contributed by atoms with E-state index in [0.717, 1.165) is 32.6 Å². The van der Waals surface area contributed by atoms with Crippen molar-refractivity contribution in [1.82, 2.24) is 4.72 Å². The number of anilines is 1. The van der Waals surface area contributed by atoms with Crippen LogP contribution < -0.4 is 10.0 Å². The van der Waals surface area contributed by atoms with Gasteiger partial charge in [-0.05, 0) is 49.8 Å². The van der Waals surface area contributed by atoms with Crippen LogP contribution in [0.2, 0.25) is 0 Å². The lowest BCUT2D eigenvalue weighted by Gasteiger charge is -2.23. The maximum atomic E-state index is 12.0. The molecule has 6 heteroatoms. The first-order chi connectivity index (χ1) is 10.1. The van der Waals surface area contributed by atoms with Gasteiger partial charge in [0, 0.05) is 19.8 Å². The largest absolute Gasteiger partial charge is 0.384 e. The summed E-state index contributed by atoms with van der Waals surface area (Å²) in [6, 6.07) is 7.05. The molecule has 1 saturated carbocycles. The smallest absolute Gasteiger partial charge is 0.242 e. The molecule has 1 aromatic carbocycles. The minimum atomic E-state index is -3.42. The Morgan fingerprint density at radius 3 is 2.71 bits per heavy atom. The Kier molecular flexibility index (Phi) is 3.94. The van der Waals surface area contributed by atoms with Gasteiger partial charge in [-0.15, -0.1) is 0 Å². The Balaban J connectivity index is 1.67. The van der Waals surface area contributed by atoms with Gasteiger partial charge in [0.2, 0.25) is 10.0 Å². The van der Waals surface area contributed by atoms with Gasteiger partial charge in [0.15, 0.2) is 0 Å². The van der Waals surface area contributed by atoms with Crippen LogP contribution in [-0.4, -0.2) is 35.2 Å². The average molecular weight is 310 g/mol. The average Bonchev–Trinajstić information content (AvgIpc) is 3.18. The molecule has 1 heterocycles. The summed E-state index contributed by atoms with van der Waals surface area (Å²) >= 11 is 0. The van der Waals surface area contributed by atoms with Crippen molar-refractivity contribution in [3.63, 3.8) is 0 Å². The zero-order valence-corrected chi connectivity index (χ0v) is 13.1. The summed E-state index contributed by atoms with van der Waals surface area (Å²) in [4.78, 5) is 0.314. The van der Waals surface area contributed by atoms with Crippen molar-refractivity contribution in [1.29, 1.82) is 0 Å². The first-order valence-electron chi connectivity index (χ1n) is 7.42. The second-order valence-electron chi connectivity index (χ2n) is 5.96. The number of ether oxygens (including phenoxy) is 1. The van der Waals surface area contributed by atoms with E-state index in [1.807, 2.05) is 12.1 Å². The topological polar surface area (TPSA) is 67.4 Å². The Morgan fingerprint density at radius 1 is 1.29 bits per heavy atom. The molecular formula is C15H22N2O3S. The maximum absolute atomic E-state index is 12.0. The monoisotopic (exact) mass is 310 g/mol. The van der Waals surface area contributed by atoms with Gasteiger partial charge in [0.05, 0.1) is 5.69 Å². The zero-order valence-electron chi connectivity index (χ0n) is 12.3. The van der Waals surface area contributed by atoms with Gasteiger partial charge in [-0.3, -0.25) is 0 Å². The van der Waals surface area contributed by atoms with Crippen LogP contribution in [0.4, 0.5) is 5.69 Å². The summed E-state index contributed by atoms with van der Waals surface area (Å²) in [6.45, 7) is 2.55. The molecule has 0 amide bonds. The molecule has 0 aromatic heterocycles. The Morgan fingerprint density at radius 2 is 2.00 bits per heavy atom. The Labute approximate surface area is 126 Å². The van der Waals surface area contributed by atoms with E-state index in [9.17, 15) is 8.42 Å². The summed E-state index contributed by atoms with van der Waals surface area (Å²) in [7, 11) is -1.99. The van der Waals surface area contributed by atoms with Crippen LogP contribution in [-0.2, 0) is 14.8 Å².